The molecular formula is C17H14Cl2FNO2S. The maximum atomic E-state index is 14.0. The zero-order valence-corrected chi connectivity index (χ0v) is 15.2. The van der Waals surface area contributed by atoms with Crippen molar-refractivity contribution in [3.8, 4) is 16.9 Å². The number of amides is 1. The maximum absolute atomic E-state index is 14.0. The van der Waals surface area contributed by atoms with Gasteiger partial charge >= 0.3 is 0 Å². The van der Waals surface area contributed by atoms with Crippen LogP contribution < -0.4 is 10.1 Å². The first-order valence-corrected chi connectivity index (χ1v) is 8.90. The predicted molar refractivity (Wildman–Crippen MR) is 97.6 cm³/mol. The molecule has 0 fully saturated rings. The van der Waals surface area contributed by atoms with Crippen LogP contribution in [0.1, 0.15) is 19.4 Å². The van der Waals surface area contributed by atoms with Crippen LogP contribution in [-0.2, 0) is 4.79 Å². The van der Waals surface area contributed by atoms with Crippen molar-refractivity contribution in [2.75, 3.05) is 5.32 Å². The highest BCUT2D eigenvalue weighted by Gasteiger charge is 2.25. The lowest BCUT2D eigenvalue weighted by molar-refractivity contribution is -0.114. The normalized spacial score (nSPS) is 15.1. The van der Waals surface area contributed by atoms with Crippen LogP contribution in [0.2, 0.25) is 0 Å². The molecule has 3 nitrogen and oxygen atoms in total. The molecule has 1 amide bonds. The Labute approximate surface area is 153 Å². The predicted octanol–water partition coefficient (Wildman–Crippen LogP) is 5.48. The first kappa shape index (κ1) is 17.3. The molecule has 0 bridgehead atoms. The Bertz CT molecular complexity index is 830. The van der Waals surface area contributed by atoms with Crippen molar-refractivity contribution in [3.63, 3.8) is 0 Å². The van der Waals surface area contributed by atoms with E-state index in [9.17, 15) is 9.18 Å². The van der Waals surface area contributed by atoms with Gasteiger partial charge in [-0.25, -0.2) is 4.39 Å². The number of benzene rings is 1. The fraction of sp³-hybridized carbons (Fsp3) is 0.235. The molecule has 0 unspecified atom stereocenters. The van der Waals surface area contributed by atoms with Crippen LogP contribution in [-0.4, -0.2) is 16.3 Å². The molecule has 2 aromatic rings. The SMILES string of the molecule is CC1(C)C=Cc2cc(F)cc(-c3csc(NC(=O)C(Cl)Cl)c3)c2O1. The van der Waals surface area contributed by atoms with Crippen LogP contribution in [0.4, 0.5) is 9.39 Å². The Morgan fingerprint density at radius 3 is 2.79 bits per heavy atom. The number of anilines is 1. The average molecular weight is 386 g/mol. The molecule has 1 aliphatic rings. The number of nitrogens with one attached hydrogen (secondary N) is 1. The smallest absolute Gasteiger partial charge is 0.258 e. The lowest BCUT2D eigenvalue weighted by Gasteiger charge is -2.29. The van der Waals surface area contributed by atoms with E-state index in [0.29, 0.717) is 21.9 Å². The van der Waals surface area contributed by atoms with Crippen LogP contribution in [0.15, 0.2) is 29.7 Å². The highest BCUT2D eigenvalue weighted by Crippen LogP contribution is 2.42. The van der Waals surface area contributed by atoms with E-state index in [0.717, 1.165) is 5.56 Å². The van der Waals surface area contributed by atoms with E-state index >= 15 is 0 Å². The minimum absolute atomic E-state index is 0.352. The first-order chi connectivity index (χ1) is 11.2. The van der Waals surface area contributed by atoms with Gasteiger partial charge in [0.15, 0.2) is 4.84 Å². The highest BCUT2D eigenvalue weighted by atomic mass is 35.5. The van der Waals surface area contributed by atoms with Crippen molar-refractivity contribution in [2.24, 2.45) is 0 Å². The Morgan fingerprint density at radius 2 is 2.08 bits per heavy atom. The number of hydrogen-bond acceptors (Lipinski definition) is 3. The maximum Gasteiger partial charge on any atom is 0.258 e. The summed E-state index contributed by atoms with van der Waals surface area (Å²) in [6.07, 6.45) is 3.74. The van der Waals surface area contributed by atoms with Crippen molar-refractivity contribution in [1.29, 1.82) is 0 Å². The molecule has 7 heteroatoms. The largest absolute Gasteiger partial charge is 0.483 e. The third-order valence-corrected chi connectivity index (χ3v) is 4.71. The van der Waals surface area contributed by atoms with Gasteiger partial charge in [-0.3, -0.25) is 4.79 Å². The number of ether oxygens (including phenoxy) is 1. The fourth-order valence-corrected chi connectivity index (χ4v) is 3.29. The third-order valence-electron chi connectivity index (χ3n) is 3.47. The van der Waals surface area contributed by atoms with E-state index in [1.54, 1.807) is 6.07 Å². The quantitative estimate of drug-likeness (QED) is 0.710. The second-order valence-electron chi connectivity index (χ2n) is 5.90. The molecule has 1 aromatic carbocycles. The zero-order chi connectivity index (χ0) is 17.5. The van der Waals surface area contributed by atoms with Crippen molar-refractivity contribution < 1.29 is 13.9 Å². The van der Waals surface area contributed by atoms with E-state index in [1.165, 1.54) is 23.5 Å². The molecule has 1 aromatic heterocycles. The van der Waals surface area contributed by atoms with Crippen molar-refractivity contribution >= 4 is 51.5 Å². The molecule has 1 N–H and O–H groups in total. The number of fused-ring (bicyclic) bond motifs is 1. The molecule has 2 heterocycles. The number of carbonyl (C=O) groups excluding carboxylic acids is 1. The number of carbonyl (C=O) groups is 1. The first-order valence-electron chi connectivity index (χ1n) is 7.15. The van der Waals surface area contributed by atoms with Gasteiger partial charge in [0.05, 0.1) is 5.00 Å². The number of thiophene rings is 1. The second kappa shape index (κ2) is 6.39. The number of halogens is 3. The molecule has 126 valence electrons. The Kier molecular flexibility index (Phi) is 4.60. The third kappa shape index (κ3) is 3.58. The monoisotopic (exact) mass is 385 g/mol. The highest BCUT2D eigenvalue weighted by molar-refractivity contribution is 7.14. The molecule has 0 saturated heterocycles. The number of rotatable bonds is 3. The number of alkyl halides is 2. The summed E-state index contributed by atoms with van der Waals surface area (Å²) in [6, 6.07) is 4.60. The standard InChI is InChI=1S/C17H14Cl2FNO2S/c1-17(2)4-3-9-5-11(20)7-12(14(9)23-17)10-6-13(24-8-10)21-16(22)15(18)19/h3-8,15H,1-2H3,(H,21,22). The summed E-state index contributed by atoms with van der Waals surface area (Å²) in [5.74, 6) is -0.240. The van der Waals surface area contributed by atoms with Gasteiger partial charge in [-0.05, 0) is 43.7 Å². The summed E-state index contributed by atoms with van der Waals surface area (Å²) in [4.78, 5) is 10.4. The van der Waals surface area contributed by atoms with E-state index in [2.05, 4.69) is 5.32 Å². The lowest BCUT2D eigenvalue weighted by atomic mass is 9.97. The molecule has 0 aliphatic carbocycles. The minimum atomic E-state index is -1.15. The van der Waals surface area contributed by atoms with E-state index in [-0.39, 0.29) is 5.82 Å². The summed E-state index contributed by atoms with van der Waals surface area (Å²) in [7, 11) is 0. The molecular weight excluding hydrogens is 372 g/mol. The summed E-state index contributed by atoms with van der Waals surface area (Å²) in [5.41, 5.74) is 1.59. The topological polar surface area (TPSA) is 38.3 Å². The zero-order valence-electron chi connectivity index (χ0n) is 12.9. The summed E-state index contributed by atoms with van der Waals surface area (Å²) in [6.45, 7) is 3.86. The summed E-state index contributed by atoms with van der Waals surface area (Å²) in [5, 5.41) is 5.00. The van der Waals surface area contributed by atoms with Crippen molar-refractivity contribution in [3.05, 3.63) is 41.0 Å². The van der Waals surface area contributed by atoms with Gasteiger partial charge in [-0.1, -0.05) is 29.3 Å². The molecule has 24 heavy (non-hydrogen) atoms. The van der Waals surface area contributed by atoms with Gasteiger partial charge < -0.3 is 10.1 Å². The summed E-state index contributed by atoms with van der Waals surface area (Å²) < 4.78 is 20.0. The van der Waals surface area contributed by atoms with Crippen molar-refractivity contribution in [1.82, 2.24) is 0 Å². The molecule has 0 atom stereocenters. The van der Waals surface area contributed by atoms with Gasteiger partial charge in [0.25, 0.3) is 5.91 Å². The Balaban J connectivity index is 1.99. The molecule has 0 radical (unpaired) electrons. The lowest BCUT2D eigenvalue weighted by Crippen LogP contribution is -2.27. The van der Waals surface area contributed by atoms with Gasteiger partial charge in [-0.2, -0.15) is 0 Å². The van der Waals surface area contributed by atoms with Crippen LogP contribution in [0.3, 0.4) is 0 Å². The van der Waals surface area contributed by atoms with Gasteiger partial charge in [0, 0.05) is 16.5 Å². The summed E-state index contributed by atoms with van der Waals surface area (Å²) >= 11 is 12.4. The average Bonchev–Trinajstić information content (AvgIpc) is 2.94. The molecule has 0 spiro atoms. The second-order valence-corrected chi connectivity index (χ2v) is 7.91. The fourth-order valence-electron chi connectivity index (χ4n) is 2.37. The van der Waals surface area contributed by atoms with E-state index < -0.39 is 16.3 Å². The molecule has 0 saturated carbocycles. The molecule has 1 aliphatic heterocycles. The van der Waals surface area contributed by atoms with Crippen LogP contribution >= 0.6 is 34.5 Å². The minimum Gasteiger partial charge on any atom is -0.483 e. The van der Waals surface area contributed by atoms with Gasteiger partial charge in [-0.15, -0.1) is 11.3 Å². The van der Waals surface area contributed by atoms with E-state index in [4.69, 9.17) is 27.9 Å². The molecule has 3 rings (SSSR count). The van der Waals surface area contributed by atoms with Crippen molar-refractivity contribution in [2.45, 2.75) is 24.3 Å². The Hall–Kier alpha value is -1.56. The van der Waals surface area contributed by atoms with Gasteiger partial charge in [0.1, 0.15) is 17.2 Å². The van der Waals surface area contributed by atoms with E-state index in [1.807, 2.05) is 31.4 Å². The van der Waals surface area contributed by atoms with Gasteiger partial charge in [0.2, 0.25) is 0 Å². The Morgan fingerprint density at radius 1 is 1.33 bits per heavy atom. The van der Waals surface area contributed by atoms with Crippen LogP contribution in [0.5, 0.6) is 5.75 Å². The van der Waals surface area contributed by atoms with Crippen LogP contribution in [0, 0.1) is 5.82 Å². The number of hydrogen-bond donors (Lipinski definition) is 1. The van der Waals surface area contributed by atoms with Crippen LogP contribution in [0.25, 0.3) is 17.2 Å².